The van der Waals surface area contributed by atoms with E-state index in [9.17, 15) is 9.59 Å². The summed E-state index contributed by atoms with van der Waals surface area (Å²) >= 11 is 1.32. The van der Waals surface area contributed by atoms with Gasteiger partial charge in [-0.25, -0.2) is 0 Å². The van der Waals surface area contributed by atoms with E-state index in [1.807, 2.05) is 4.90 Å². The van der Waals surface area contributed by atoms with Crippen molar-refractivity contribution in [2.45, 2.75) is 45.4 Å². The fraction of sp³-hybridized carbons (Fsp3) is 0.750. The van der Waals surface area contributed by atoms with Gasteiger partial charge in [-0.1, -0.05) is 31.1 Å². The predicted octanol–water partition coefficient (Wildman–Crippen LogP) is 2.54. The average molecular weight is 336 g/mol. The summed E-state index contributed by atoms with van der Waals surface area (Å²) in [5, 5.41) is 10.9. The van der Waals surface area contributed by atoms with Crippen LogP contribution in [-0.4, -0.2) is 40.0 Å². The number of nitrogens with zero attached hydrogens (tertiary/aromatic N) is 3. The molecule has 2 amide bonds. The van der Waals surface area contributed by atoms with Crippen LogP contribution in [-0.2, 0) is 9.59 Å². The molecule has 126 valence electrons. The number of amides is 2. The van der Waals surface area contributed by atoms with E-state index in [4.69, 9.17) is 0 Å². The molecule has 1 saturated carbocycles. The van der Waals surface area contributed by atoms with Crippen molar-refractivity contribution < 1.29 is 9.59 Å². The van der Waals surface area contributed by atoms with Crippen LogP contribution in [0.25, 0.3) is 0 Å². The lowest BCUT2D eigenvalue weighted by atomic mass is 9.92. The molecule has 1 aromatic heterocycles. The van der Waals surface area contributed by atoms with E-state index in [-0.39, 0.29) is 17.7 Å². The third kappa shape index (κ3) is 4.07. The van der Waals surface area contributed by atoms with Gasteiger partial charge in [0.2, 0.25) is 16.9 Å². The van der Waals surface area contributed by atoms with Gasteiger partial charge in [0.15, 0.2) is 0 Å². The Kier molecular flexibility index (Phi) is 5.25. The van der Waals surface area contributed by atoms with Gasteiger partial charge in [-0.15, -0.1) is 10.2 Å². The normalized spacial score (nSPS) is 25.5. The summed E-state index contributed by atoms with van der Waals surface area (Å²) in [5.74, 6) is 1.47. The Morgan fingerprint density at radius 1 is 1.30 bits per heavy atom. The second-order valence-electron chi connectivity index (χ2n) is 6.76. The summed E-state index contributed by atoms with van der Waals surface area (Å²) in [5.41, 5.74) is 1.60. The summed E-state index contributed by atoms with van der Waals surface area (Å²) in [4.78, 5) is 26.6. The van der Waals surface area contributed by atoms with Gasteiger partial charge in [-0.3, -0.25) is 9.59 Å². The standard InChI is InChI=1S/C16H24N4O2S/c1-11-3-2-4-13(11)9-14(21)20-7-5-12(6-8-20)15(22)18-16-19-17-10-23-16/h10-13H,2-9H2,1H3,(H,18,19,22). The van der Waals surface area contributed by atoms with Crippen LogP contribution in [0.4, 0.5) is 5.13 Å². The maximum Gasteiger partial charge on any atom is 0.229 e. The Balaban J connectivity index is 1.44. The molecule has 7 heteroatoms. The maximum atomic E-state index is 12.4. The smallest absolute Gasteiger partial charge is 0.229 e. The molecule has 23 heavy (non-hydrogen) atoms. The second-order valence-corrected chi connectivity index (χ2v) is 7.59. The summed E-state index contributed by atoms with van der Waals surface area (Å²) in [7, 11) is 0. The number of carbonyl (C=O) groups excluding carboxylic acids is 2. The first kappa shape index (κ1) is 16.4. The van der Waals surface area contributed by atoms with Gasteiger partial charge in [0.1, 0.15) is 5.51 Å². The maximum absolute atomic E-state index is 12.4. The molecule has 0 radical (unpaired) electrons. The summed E-state index contributed by atoms with van der Waals surface area (Å²) in [6.45, 7) is 3.64. The molecular weight excluding hydrogens is 312 g/mol. The monoisotopic (exact) mass is 336 g/mol. The van der Waals surface area contributed by atoms with Crippen LogP contribution in [0.5, 0.6) is 0 Å². The minimum absolute atomic E-state index is 0.00161. The first-order valence-corrected chi connectivity index (χ1v) is 9.36. The molecule has 0 bridgehead atoms. The van der Waals surface area contributed by atoms with Crippen molar-refractivity contribution in [1.82, 2.24) is 15.1 Å². The molecule has 2 fully saturated rings. The minimum Gasteiger partial charge on any atom is -0.343 e. The molecule has 0 aromatic carbocycles. The minimum atomic E-state index is -0.0339. The Morgan fingerprint density at radius 2 is 2.09 bits per heavy atom. The zero-order valence-corrected chi connectivity index (χ0v) is 14.3. The number of nitrogens with one attached hydrogen (secondary N) is 1. The van der Waals surface area contributed by atoms with Gasteiger partial charge in [-0.2, -0.15) is 0 Å². The van der Waals surface area contributed by atoms with Crippen molar-refractivity contribution in [2.75, 3.05) is 18.4 Å². The number of rotatable bonds is 4. The van der Waals surface area contributed by atoms with Gasteiger partial charge in [0, 0.05) is 25.4 Å². The second kappa shape index (κ2) is 7.38. The van der Waals surface area contributed by atoms with Crippen LogP contribution < -0.4 is 5.32 Å². The number of piperidine rings is 1. The van der Waals surface area contributed by atoms with Crippen molar-refractivity contribution in [3.8, 4) is 0 Å². The van der Waals surface area contributed by atoms with Gasteiger partial charge in [0.25, 0.3) is 0 Å². The third-order valence-electron chi connectivity index (χ3n) is 5.28. The summed E-state index contributed by atoms with van der Waals surface area (Å²) in [6, 6.07) is 0. The molecule has 2 aliphatic rings. The van der Waals surface area contributed by atoms with Crippen LogP contribution in [0.1, 0.15) is 45.4 Å². The highest BCUT2D eigenvalue weighted by Gasteiger charge is 2.31. The number of aromatic nitrogens is 2. The highest BCUT2D eigenvalue weighted by atomic mass is 32.1. The molecule has 1 aliphatic carbocycles. The van der Waals surface area contributed by atoms with E-state index < -0.39 is 0 Å². The Hall–Kier alpha value is -1.50. The molecule has 6 nitrogen and oxygen atoms in total. The Labute approximate surface area is 140 Å². The van der Waals surface area contributed by atoms with E-state index >= 15 is 0 Å². The SMILES string of the molecule is CC1CCCC1CC(=O)N1CCC(C(=O)Nc2nncs2)CC1. The number of hydrogen-bond donors (Lipinski definition) is 1. The lowest BCUT2D eigenvalue weighted by molar-refractivity contribution is -0.135. The van der Waals surface area contributed by atoms with Crippen molar-refractivity contribution in [2.24, 2.45) is 17.8 Å². The number of carbonyl (C=O) groups is 2. The molecule has 1 saturated heterocycles. The van der Waals surface area contributed by atoms with Crippen LogP contribution in [0.15, 0.2) is 5.51 Å². The Morgan fingerprint density at radius 3 is 2.70 bits per heavy atom. The predicted molar refractivity (Wildman–Crippen MR) is 89.0 cm³/mol. The van der Waals surface area contributed by atoms with Crippen molar-refractivity contribution in [1.29, 1.82) is 0 Å². The van der Waals surface area contributed by atoms with Crippen LogP contribution in [0.2, 0.25) is 0 Å². The summed E-state index contributed by atoms with van der Waals surface area (Å²) in [6.07, 6.45) is 5.85. The highest BCUT2D eigenvalue weighted by Crippen LogP contribution is 2.34. The molecule has 1 N–H and O–H groups in total. The highest BCUT2D eigenvalue weighted by molar-refractivity contribution is 7.13. The zero-order valence-electron chi connectivity index (χ0n) is 13.5. The van der Waals surface area contributed by atoms with E-state index in [0.29, 0.717) is 36.5 Å². The van der Waals surface area contributed by atoms with Gasteiger partial charge < -0.3 is 10.2 Å². The van der Waals surface area contributed by atoms with Crippen molar-refractivity contribution in [3.05, 3.63) is 5.51 Å². The van der Waals surface area contributed by atoms with E-state index in [1.54, 1.807) is 5.51 Å². The zero-order chi connectivity index (χ0) is 16.2. The first-order chi connectivity index (χ1) is 11.1. The van der Waals surface area contributed by atoms with Gasteiger partial charge >= 0.3 is 0 Å². The van der Waals surface area contributed by atoms with E-state index in [0.717, 1.165) is 12.8 Å². The topological polar surface area (TPSA) is 75.2 Å². The fourth-order valence-corrected chi connectivity index (χ4v) is 4.15. The number of hydrogen-bond acceptors (Lipinski definition) is 5. The molecule has 2 unspecified atom stereocenters. The molecular formula is C16H24N4O2S. The number of likely N-dealkylation sites (tertiary alicyclic amines) is 1. The molecule has 1 aromatic rings. The molecule has 3 rings (SSSR count). The van der Waals surface area contributed by atoms with Crippen molar-refractivity contribution >= 4 is 28.3 Å². The van der Waals surface area contributed by atoms with Gasteiger partial charge in [-0.05, 0) is 31.1 Å². The molecule has 1 aliphatic heterocycles. The molecule has 2 heterocycles. The largest absolute Gasteiger partial charge is 0.343 e. The number of anilines is 1. The van der Waals surface area contributed by atoms with Crippen LogP contribution in [0.3, 0.4) is 0 Å². The quantitative estimate of drug-likeness (QED) is 0.917. The average Bonchev–Trinajstić information content (AvgIpc) is 3.20. The van der Waals surface area contributed by atoms with E-state index in [1.165, 1.54) is 30.6 Å². The first-order valence-electron chi connectivity index (χ1n) is 8.48. The Bertz CT molecular complexity index is 540. The molecule has 0 spiro atoms. The van der Waals surface area contributed by atoms with Crippen molar-refractivity contribution in [3.63, 3.8) is 0 Å². The van der Waals surface area contributed by atoms with Crippen LogP contribution >= 0.6 is 11.3 Å². The lowest BCUT2D eigenvalue weighted by Crippen LogP contribution is -2.42. The lowest BCUT2D eigenvalue weighted by Gasteiger charge is -2.32. The summed E-state index contributed by atoms with van der Waals surface area (Å²) < 4.78 is 0. The molecule has 2 atom stereocenters. The van der Waals surface area contributed by atoms with E-state index in [2.05, 4.69) is 22.4 Å². The van der Waals surface area contributed by atoms with Crippen LogP contribution in [0, 0.1) is 17.8 Å². The van der Waals surface area contributed by atoms with Gasteiger partial charge in [0.05, 0.1) is 0 Å². The third-order valence-corrected chi connectivity index (χ3v) is 5.89. The fourth-order valence-electron chi connectivity index (χ4n) is 3.70.